The zero-order valence-electron chi connectivity index (χ0n) is 16.3. The van der Waals surface area contributed by atoms with E-state index in [1.807, 2.05) is 0 Å². The second-order valence-corrected chi connectivity index (χ2v) is 7.02. The first-order chi connectivity index (χ1) is 11.5. The molecule has 0 aromatic rings. The zero-order chi connectivity index (χ0) is 18.3. The van der Waals surface area contributed by atoms with Crippen LogP contribution in [0.3, 0.4) is 0 Å². The Labute approximate surface area is 148 Å². The smallest absolute Gasteiger partial charge is 0.322 e. The summed E-state index contributed by atoms with van der Waals surface area (Å²) in [4.78, 5) is 23.6. The van der Waals surface area contributed by atoms with Crippen molar-refractivity contribution in [2.24, 2.45) is 5.41 Å². The summed E-state index contributed by atoms with van der Waals surface area (Å²) in [6.45, 7) is 7.73. The Morgan fingerprint density at radius 3 is 1.54 bits per heavy atom. The van der Waals surface area contributed by atoms with E-state index in [-0.39, 0.29) is 6.61 Å². The monoisotopic (exact) mass is 342 g/mol. The Morgan fingerprint density at radius 1 is 0.667 bits per heavy atom. The van der Waals surface area contributed by atoms with Crippen molar-refractivity contribution in [1.82, 2.24) is 0 Å². The lowest BCUT2D eigenvalue weighted by Crippen LogP contribution is -2.36. The summed E-state index contributed by atoms with van der Waals surface area (Å²) < 4.78 is 10.1. The van der Waals surface area contributed by atoms with Gasteiger partial charge >= 0.3 is 11.9 Å². The average Bonchev–Trinajstić information content (AvgIpc) is 2.55. The number of rotatable bonds is 15. The number of ether oxygens (including phenoxy) is 2. The van der Waals surface area contributed by atoms with Gasteiger partial charge in [-0.3, -0.25) is 9.59 Å². The third-order valence-corrected chi connectivity index (χ3v) is 4.28. The van der Waals surface area contributed by atoms with Crippen LogP contribution in [0.1, 0.15) is 98.3 Å². The fourth-order valence-electron chi connectivity index (χ4n) is 2.51. The van der Waals surface area contributed by atoms with Crippen LogP contribution < -0.4 is 0 Å². The molecule has 0 heterocycles. The van der Waals surface area contributed by atoms with Gasteiger partial charge in [0.25, 0.3) is 0 Å². The quantitative estimate of drug-likeness (QED) is 0.226. The number of esters is 2. The molecule has 0 rings (SSSR count). The van der Waals surface area contributed by atoms with Crippen molar-refractivity contribution < 1.29 is 19.1 Å². The molecular formula is C20H38O4. The highest BCUT2D eigenvalue weighted by atomic mass is 16.6. The predicted molar refractivity (Wildman–Crippen MR) is 97.8 cm³/mol. The number of carbonyl (C=O) groups is 2. The summed E-state index contributed by atoms with van der Waals surface area (Å²) in [5.41, 5.74) is -1.21. The Morgan fingerprint density at radius 2 is 1.08 bits per heavy atom. The van der Waals surface area contributed by atoms with Gasteiger partial charge in [0, 0.05) is 0 Å². The lowest BCUT2D eigenvalue weighted by atomic mass is 9.94. The van der Waals surface area contributed by atoms with Crippen molar-refractivity contribution in [1.29, 1.82) is 0 Å². The third kappa shape index (κ3) is 10.7. The Kier molecular flexibility index (Phi) is 13.7. The lowest BCUT2D eigenvalue weighted by Gasteiger charge is -2.20. The Bertz CT molecular complexity index is 337. The summed E-state index contributed by atoms with van der Waals surface area (Å²) in [6.07, 6.45) is 13.8. The van der Waals surface area contributed by atoms with Crippen molar-refractivity contribution in [2.75, 3.05) is 13.2 Å². The van der Waals surface area contributed by atoms with Crippen LogP contribution in [0.4, 0.5) is 0 Å². The van der Waals surface area contributed by atoms with Crippen molar-refractivity contribution in [3.63, 3.8) is 0 Å². The molecule has 0 aliphatic carbocycles. The molecule has 0 aliphatic heterocycles. The molecule has 0 aromatic heterocycles. The molecule has 0 unspecified atom stereocenters. The molecule has 0 N–H and O–H groups in total. The molecule has 142 valence electrons. The van der Waals surface area contributed by atoms with E-state index < -0.39 is 17.4 Å². The largest absolute Gasteiger partial charge is 0.465 e. The zero-order valence-corrected chi connectivity index (χ0v) is 16.3. The topological polar surface area (TPSA) is 52.6 Å². The second-order valence-electron chi connectivity index (χ2n) is 7.02. The van der Waals surface area contributed by atoms with Crippen LogP contribution in [0, 0.1) is 5.41 Å². The average molecular weight is 343 g/mol. The minimum absolute atomic E-state index is 0.272. The number of carbonyl (C=O) groups excluding carboxylic acids is 2. The molecule has 0 radical (unpaired) electrons. The molecule has 0 fully saturated rings. The highest BCUT2D eigenvalue weighted by molar-refractivity contribution is 5.99. The Balaban J connectivity index is 3.53. The molecule has 0 atom stereocenters. The fraction of sp³-hybridized carbons (Fsp3) is 0.900. The van der Waals surface area contributed by atoms with E-state index in [2.05, 4.69) is 6.92 Å². The standard InChI is InChI=1S/C20H38O4/c1-5-7-8-9-10-11-12-13-14-15-16-17-24-19(22)20(3,4)18(21)23-6-2/h5-17H2,1-4H3. The van der Waals surface area contributed by atoms with Gasteiger partial charge in [-0.05, 0) is 27.2 Å². The van der Waals surface area contributed by atoms with Gasteiger partial charge in [0.1, 0.15) is 0 Å². The molecule has 0 bridgehead atoms. The lowest BCUT2D eigenvalue weighted by molar-refractivity contribution is -0.169. The highest BCUT2D eigenvalue weighted by Crippen LogP contribution is 2.20. The molecule has 0 saturated carbocycles. The van der Waals surface area contributed by atoms with Gasteiger partial charge in [0.15, 0.2) is 5.41 Å². The highest BCUT2D eigenvalue weighted by Gasteiger charge is 2.39. The van der Waals surface area contributed by atoms with Crippen LogP contribution in [0.25, 0.3) is 0 Å². The predicted octanol–water partition coefficient (Wildman–Crippen LogP) is 5.43. The van der Waals surface area contributed by atoms with Crippen LogP contribution in [-0.4, -0.2) is 25.2 Å². The molecular weight excluding hydrogens is 304 g/mol. The van der Waals surface area contributed by atoms with E-state index in [0.717, 1.165) is 12.8 Å². The van der Waals surface area contributed by atoms with Crippen LogP contribution in [0.2, 0.25) is 0 Å². The van der Waals surface area contributed by atoms with Crippen LogP contribution in [0.15, 0.2) is 0 Å². The van der Waals surface area contributed by atoms with Gasteiger partial charge in [0.05, 0.1) is 13.2 Å². The Hall–Kier alpha value is -1.06. The minimum atomic E-state index is -1.21. The maximum Gasteiger partial charge on any atom is 0.322 e. The normalized spacial score (nSPS) is 11.3. The maximum atomic E-state index is 11.9. The number of hydrogen-bond donors (Lipinski definition) is 0. The van der Waals surface area contributed by atoms with E-state index in [1.54, 1.807) is 20.8 Å². The van der Waals surface area contributed by atoms with Crippen molar-refractivity contribution >= 4 is 11.9 Å². The van der Waals surface area contributed by atoms with E-state index in [1.165, 1.54) is 57.8 Å². The first kappa shape index (κ1) is 22.9. The van der Waals surface area contributed by atoms with Crippen molar-refractivity contribution in [2.45, 2.75) is 98.3 Å². The second kappa shape index (κ2) is 14.3. The van der Waals surface area contributed by atoms with Gasteiger partial charge in [0.2, 0.25) is 0 Å². The molecule has 0 saturated heterocycles. The van der Waals surface area contributed by atoms with E-state index in [0.29, 0.717) is 6.61 Å². The number of hydrogen-bond acceptors (Lipinski definition) is 4. The van der Waals surface area contributed by atoms with E-state index in [9.17, 15) is 9.59 Å². The molecule has 0 aliphatic rings. The minimum Gasteiger partial charge on any atom is -0.465 e. The summed E-state index contributed by atoms with van der Waals surface area (Å²) >= 11 is 0. The summed E-state index contributed by atoms with van der Waals surface area (Å²) in [6, 6.07) is 0. The van der Waals surface area contributed by atoms with Crippen LogP contribution in [-0.2, 0) is 19.1 Å². The van der Waals surface area contributed by atoms with Gasteiger partial charge in [-0.15, -0.1) is 0 Å². The summed E-state index contributed by atoms with van der Waals surface area (Å²) in [5, 5.41) is 0. The first-order valence-corrected chi connectivity index (χ1v) is 9.81. The van der Waals surface area contributed by atoms with E-state index in [4.69, 9.17) is 9.47 Å². The maximum absolute atomic E-state index is 11.9. The molecule has 0 amide bonds. The molecule has 0 spiro atoms. The van der Waals surface area contributed by atoms with Gasteiger partial charge in [-0.2, -0.15) is 0 Å². The molecule has 0 aromatic carbocycles. The fourth-order valence-corrected chi connectivity index (χ4v) is 2.51. The van der Waals surface area contributed by atoms with Crippen molar-refractivity contribution in [3.8, 4) is 0 Å². The van der Waals surface area contributed by atoms with Crippen LogP contribution >= 0.6 is 0 Å². The van der Waals surface area contributed by atoms with Crippen molar-refractivity contribution in [3.05, 3.63) is 0 Å². The SMILES string of the molecule is CCCCCCCCCCCCCOC(=O)C(C)(C)C(=O)OCC. The first-order valence-electron chi connectivity index (χ1n) is 9.81. The summed E-state index contributed by atoms with van der Waals surface area (Å²) in [5.74, 6) is -1.01. The molecule has 4 heteroatoms. The molecule has 24 heavy (non-hydrogen) atoms. The van der Waals surface area contributed by atoms with E-state index >= 15 is 0 Å². The summed E-state index contributed by atoms with van der Waals surface area (Å²) in [7, 11) is 0. The van der Waals surface area contributed by atoms with Gasteiger partial charge in [-0.1, -0.05) is 71.1 Å². The van der Waals surface area contributed by atoms with Gasteiger partial charge < -0.3 is 9.47 Å². The van der Waals surface area contributed by atoms with Crippen LogP contribution in [0.5, 0.6) is 0 Å². The molecule has 4 nitrogen and oxygen atoms in total. The van der Waals surface area contributed by atoms with Gasteiger partial charge in [-0.25, -0.2) is 0 Å². The number of unbranched alkanes of at least 4 members (excludes halogenated alkanes) is 10. The third-order valence-electron chi connectivity index (χ3n) is 4.28.